The van der Waals surface area contributed by atoms with Gasteiger partial charge in [0.25, 0.3) is 0 Å². The second-order valence-electron chi connectivity index (χ2n) is 5.31. The lowest BCUT2D eigenvalue weighted by molar-refractivity contribution is -0.899. The largest absolute Gasteiger partial charge is 1.00 e. The summed E-state index contributed by atoms with van der Waals surface area (Å²) in [7, 11) is 2.31. The van der Waals surface area contributed by atoms with Crippen LogP contribution in [0.2, 0.25) is 0 Å². The van der Waals surface area contributed by atoms with E-state index in [1.165, 1.54) is 64.5 Å². The van der Waals surface area contributed by atoms with E-state index in [1.807, 2.05) is 0 Å². The number of nitrogens with zero attached hydrogens (tertiary/aromatic N) is 1. The molecule has 0 aromatic carbocycles. The zero-order valence-electron chi connectivity index (χ0n) is 12.0. The fourth-order valence-corrected chi connectivity index (χ4v) is 2.31. The molecule has 0 aliphatic carbocycles. The molecule has 0 aromatic heterocycles. The van der Waals surface area contributed by atoms with Gasteiger partial charge in [0.1, 0.15) is 0 Å². The monoisotopic (exact) mass is 375 g/mol. The zero-order chi connectivity index (χ0) is 12.3. The SMILES string of the molecule is CCCCCCC[N+](C)(CCl)CCCCC.[I-]. The molecule has 0 fully saturated rings. The predicted octanol–water partition coefficient (Wildman–Crippen LogP) is 1.79. The number of rotatable bonds is 11. The minimum absolute atomic E-state index is 0. The maximum atomic E-state index is 6.10. The van der Waals surface area contributed by atoms with Gasteiger partial charge < -0.3 is 28.5 Å². The molecular formula is C14H31ClIN. The van der Waals surface area contributed by atoms with Gasteiger partial charge in [-0.15, -0.1) is 0 Å². The Kier molecular flexibility index (Phi) is 16.0. The lowest BCUT2D eigenvalue weighted by Gasteiger charge is -2.32. The van der Waals surface area contributed by atoms with E-state index in [2.05, 4.69) is 20.9 Å². The average molecular weight is 376 g/mol. The molecule has 0 amide bonds. The first-order chi connectivity index (χ1) is 7.68. The molecule has 0 saturated carbocycles. The van der Waals surface area contributed by atoms with Gasteiger partial charge >= 0.3 is 0 Å². The highest BCUT2D eigenvalue weighted by Crippen LogP contribution is 2.12. The van der Waals surface area contributed by atoms with Gasteiger partial charge in [-0.05, 0) is 25.7 Å². The molecule has 0 N–H and O–H groups in total. The van der Waals surface area contributed by atoms with Gasteiger partial charge in [-0.25, -0.2) is 0 Å². The first-order valence-corrected chi connectivity index (χ1v) is 7.61. The molecular weight excluding hydrogens is 345 g/mol. The standard InChI is InChI=1S/C14H31ClN.HI/c1-4-6-8-9-11-13-16(3,14-15)12-10-7-5-2;/h4-14H2,1-3H3;1H/q+1;/p-1. The summed E-state index contributed by atoms with van der Waals surface area (Å²) in [5, 5.41) is 0. The van der Waals surface area contributed by atoms with Crippen LogP contribution in [0, 0.1) is 0 Å². The fraction of sp³-hybridized carbons (Fsp3) is 1.00. The van der Waals surface area contributed by atoms with Crippen LogP contribution in [0.3, 0.4) is 0 Å². The lowest BCUT2D eigenvalue weighted by Crippen LogP contribution is -3.00. The quantitative estimate of drug-likeness (QED) is 0.170. The summed E-state index contributed by atoms with van der Waals surface area (Å²) in [6.07, 6.45) is 10.8. The Bertz CT molecular complexity index is 155. The molecule has 0 radical (unpaired) electrons. The van der Waals surface area contributed by atoms with Crippen molar-refractivity contribution >= 4 is 11.6 Å². The van der Waals surface area contributed by atoms with Crippen LogP contribution < -0.4 is 24.0 Å². The van der Waals surface area contributed by atoms with Crippen LogP contribution in [-0.4, -0.2) is 30.6 Å². The summed E-state index contributed by atoms with van der Waals surface area (Å²) >= 11 is 6.10. The first kappa shape index (κ1) is 20.3. The van der Waals surface area contributed by atoms with Crippen LogP contribution >= 0.6 is 11.6 Å². The first-order valence-electron chi connectivity index (χ1n) is 7.08. The molecule has 1 nitrogen and oxygen atoms in total. The Morgan fingerprint density at radius 2 is 1.18 bits per heavy atom. The lowest BCUT2D eigenvalue weighted by atomic mass is 10.1. The van der Waals surface area contributed by atoms with E-state index in [4.69, 9.17) is 11.6 Å². The van der Waals surface area contributed by atoms with Crippen LogP contribution in [0.5, 0.6) is 0 Å². The topological polar surface area (TPSA) is 0 Å². The van der Waals surface area contributed by atoms with Gasteiger partial charge in [0.05, 0.1) is 20.1 Å². The summed E-state index contributed by atoms with van der Waals surface area (Å²) < 4.78 is 1.06. The third-order valence-electron chi connectivity index (χ3n) is 3.39. The van der Waals surface area contributed by atoms with Gasteiger partial charge in [0.15, 0.2) is 6.00 Å². The fourth-order valence-electron chi connectivity index (χ4n) is 2.07. The summed E-state index contributed by atoms with van der Waals surface area (Å²) in [6.45, 7) is 7.04. The number of quaternary nitrogens is 1. The molecule has 0 heterocycles. The number of hydrogen-bond acceptors (Lipinski definition) is 0. The number of unbranched alkanes of at least 4 members (excludes halogenated alkanes) is 6. The van der Waals surface area contributed by atoms with Gasteiger partial charge in [-0.2, -0.15) is 0 Å². The van der Waals surface area contributed by atoms with E-state index >= 15 is 0 Å². The van der Waals surface area contributed by atoms with Crippen LogP contribution in [0.4, 0.5) is 0 Å². The van der Waals surface area contributed by atoms with Crippen molar-refractivity contribution in [3.05, 3.63) is 0 Å². The van der Waals surface area contributed by atoms with E-state index in [9.17, 15) is 0 Å². The molecule has 3 heteroatoms. The van der Waals surface area contributed by atoms with Crippen LogP contribution in [0.15, 0.2) is 0 Å². The van der Waals surface area contributed by atoms with Crippen molar-refractivity contribution in [2.45, 2.75) is 65.2 Å². The summed E-state index contributed by atoms with van der Waals surface area (Å²) in [5.41, 5.74) is 0. The molecule has 0 aromatic rings. The Labute approximate surface area is 131 Å². The maximum absolute atomic E-state index is 6.10. The van der Waals surface area contributed by atoms with Crippen LogP contribution in [-0.2, 0) is 0 Å². The average Bonchev–Trinajstić information content (AvgIpc) is 2.29. The van der Waals surface area contributed by atoms with Gasteiger partial charge in [0.2, 0.25) is 0 Å². The van der Waals surface area contributed by atoms with E-state index in [0.717, 1.165) is 10.5 Å². The highest BCUT2D eigenvalue weighted by atomic mass is 127. The highest BCUT2D eigenvalue weighted by molar-refractivity contribution is 6.16. The second kappa shape index (κ2) is 13.4. The molecule has 1 atom stereocenters. The third-order valence-corrected chi connectivity index (χ3v) is 3.97. The highest BCUT2D eigenvalue weighted by Gasteiger charge is 2.18. The number of alkyl halides is 1. The number of halogens is 2. The minimum Gasteiger partial charge on any atom is -1.00 e. The molecule has 0 aliphatic rings. The van der Waals surface area contributed by atoms with Gasteiger partial charge in [-0.1, -0.05) is 51.1 Å². The Balaban J connectivity index is 0. The predicted molar refractivity (Wildman–Crippen MR) is 74.9 cm³/mol. The molecule has 0 spiro atoms. The maximum Gasteiger partial charge on any atom is 0.154 e. The van der Waals surface area contributed by atoms with E-state index in [-0.39, 0.29) is 24.0 Å². The summed E-state index contributed by atoms with van der Waals surface area (Å²) in [6, 6.07) is 0.775. The Morgan fingerprint density at radius 1 is 0.765 bits per heavy atom. The molecule has 0 rings (SSSR count). The molecule has 0 bridgehead atoms. The van der Waals surface area contributed by atoms with Crippen molar-refractivity contribution in [3.8, 4) is 0 Å². The van der Waals surface area contributed by atoms with Crippen molar-refractivity contribution < 1.29 is 28.5 Å². The normalized spacial score (nSPS) is 14.1. The van der Waals surface area contributed by atoms with Crippen molar-refractivity contribution in [1.29, 1.82) is 0 Å². The van der Waals surface area contributed by atoms with Crippen LogP contribution in [0.1, 0.15) is 65.2 Å². The van der Waals surface area contributed by atoms with Crippen molar-refractivity contribution in [2.75, 3.05) is 26.1 Å². The molecule has 0 aliphatic heterocycles. The van der Waals surface area contributed by atoms with Crippen molar-refractivity contribution in [1.82, 2.24) is 0 Å². The molecule has 1 unspecified atom stereocenters. The van der Waals surface area contributed by atoms with E-state index < -0.39 is 0 Å². The Morgan fingerprint density at radius 3 is 1.65 bits per heavy atom. The summed E-state index contributed by atoms with van der Waals surface area (Å²) in [4.78, 5) is 0. The zero-order valence-corrected chi connectivity index (χ0v) is 14.9. The van der Waals surface area contributed by atoms with Crippen molar-refractivity contribution in [3.63, 3.8) is 0 Å². The Hall–Kier alpha value is 0.980. The smallest absolute Gasteiger partial charge is 0.154 e. The van der Waals surface area contributed by atoms with Crippen LogP contribution in [0.25, 0.3) is 0 Å². The second-order valence-corrected chi connectivity index (χ2v) is 5.55. The third kappa shape index (κ3) is 11.8. The molecule has 17 heavy (non-hydrogen) atoms. The van der Waals surface area contributed by atoms with Crippen molar-refractivity contribution in [2.24, 2.45) is 0 Å². The van der Waals surface area contributed by atoms with Gasteiger partial charge in [0, 0.05) is 0 Å². The van der Waals surface area contributed by atoms with E-state index in [1.54, 1.807) is 0 Å². The number of hydrogen-bond donors (Lipinski definition) is 0. The molecule has 0 saturated heterocycles. The van der Waals surface area contributed by atoms with Gasteiger partial charge in [-0.3, -0.25) is 0 Å². The molecule has 106 valence electrons. The summed E-state index contributed by atoms with van der Waals surface area (Å²) in [5.74, 6) is 0. The van der Waals surface area contributed by atoms with E-state index in [0.29, 0.717) is 0 Å². The minimum atomic E-state index is 0.